The second-order valence-corrected chi connectivity index (χ2v) is 14.4. The van der Waals surface area contributed by atoms with E-state index >= 15 is 0 Å². The van der Waals surface area contributed by atoms with Gasteiger partial charge in [-0.3, -0.25) is 14.9 Å². The van der Waals surface area contributed by atoms with Crippen LogP contribution in [-0.2, 0) is 5.44 Å². The lowest BCUT2D eigenvalue weighted by Gasteiger charge is -2.34. The molecule has 3 fully saturated rings. The molecule has 2 unspecified atom stereocenters. The number of piperidine rings is 1. The average Bonchev–Trinajstić information content (AvgIpc) is 3.82. The van der Waals surface area contributed by atoms with E-state index in [1.807, 2.05) is 36.4 Å². The summed E-state index contributed by atoms with van der Waals surface area (Å²) < 4.78 is 0. The Bertz CT molecular complexity index is 1630. The van der Waals surface area contributed by atoms with Crippen LogP contribution in [0.2, 0.25) is 10.0 Å². The highest BCUT2D eigenvalue weighted by Crippen LogP contribution is 2.51. The van der Waals surface area contributed by atoms with Crippen molar-refractivity contribution in [3.05, 3.63) is 75.7 Å². The number of rotatable bonds is 8. The number of fused-ring (bicyclic) bond motifs is 2. The van der Waals surface area contributed by atoms with Gasteiger partial charge in [0.2, 0.25) is 0 Å². The molecule has 4 atom stereocenters. The molecule has 2 aliphatic carbocycles. The second-order valence-electron chi connectivity index (χ2n) is 13.6. The smallest absolute Gasteiger partial charge is 0.119 e. The van der Waals surface area contributed by atoms with E-state index in [9.17, 15) is 5.26 Å². The number of benzene rings is 2. The number of likely N-dealkylation sites (tertiary alicyclic amines) is 1. The van der Waals surface area contributed by atoms with Gasteiger partial charge in [0.1, 0.15) is 13.9 Å². The van der Waals surface area contributed by atoms with Gasteiger partial charge < -0.3 is 16.1 Å². The maximum absolute atomic E-state index is 9.89. The van der Waals surface area contributed by atoms with Crippen molar-refractivity contribution in [2.24, 2.45) is 17.3 Å². The fourth-order valence-corrected chi connectivity index (χ4v) is 6.96. The van der Waals surface area contributed by atoms with E-state index in [1.165, 1.54) is 25.9 Å². The molecule has 7 rings (SSSR count). The molecule has 8 nitrogen and oxygen atoms in total. The van der Waals surface area contributed by atoms with Gasteiger partial charge in [0, 0.05) is 54.2 Å². The Hall–Kier alpha value is -3.16. The number of aromatic nitrogens is 1. The maximum atomic E-state index is 9.89. The number of hydrogen-bond acceptors (Lipinski definition) is 8. The summed E-state index contributed by atoms with van der Waals surface area (Å²) in [6.45, 7) is 9.43. The molecule has 1 saturated heterocycles. The van der Waals surface area contributed by atoms with Crippen LogP contribution >= 0.6 is 23.2 Å². The number of pyridine rings is 1. The van der Waals surface area contributed by atoms with Crippen LogP contribution in [0.25, 0.3) is 10.9 Å². The van der Waals surface area contributed by atoms with E-state index in [-0.39, 0.29) is 5.41 Å². The monoisotopic (exact) mass is 612 g/mol. The number of nitrogens with zero attached hydrogens (tertiary/aromatic N) is 4. The first-order valence-corrected chi connectivity index (χ1v) is 15.7. The lowest BCUT2D eigenvalue weighted by molar-refractivity contribution is 0.194. The fourth-order valence-electron chi connectivity index (χ4n) is 6.56. The van der Waals surface area contributed by atoms with Gasteiger partial charge in [-0.25, -0.2) is 0 Å². The summed E-state index contributed by atoms with van der Waals surface area (Å²) in [4.78, 5) is 7.17. The SMILES string of the molecule is [B]C(Nc1cc(Cl)c2ncc(C#N)c(NCC(C)(C)C)c2c1)(C1=CN(C2[C@H]3CN(C4CC4)C[C@@H]23)NN1)c1ccc(Cl)cc1. The quantitative estimate of drug-likeness (QED) is 0.246. The van der Waals surface area contributed by atoms with E-state index < -0.39 is 5.44 Å². The third-order valence-corrected chi connectivity index (χ3v) is 9.60. The Morgan fingerprint density at radius 2 is 1.84 bits per heavy atom. The summed E-state index contributed by atoms with van der Waals surface area (Å²) in [5.41, 5.74) is 9.62. The fraction of sp³-hybridized carbons (Fsp3) is 0.438. The normalized spacial score (nSPS) is 24.6. The molecular weight excluding hydrogens is 578 g/mol. The van der Waals surface area contributed by atoms with Gasteiger partial charge in [0.15, 0.2) is 0 Å². The minimum Gasteiger partial charge on any atom is -0.383 e. The van der Waals surface area contributed by atoms with Crippen molar-refractivity contribution in [2.45, 2.75) is 51.1 Å². The van der Waals surface area contributed by atoms with E-state index in [1.54, 1.807) is 6.20 Å². The number of hydrogen-bond donors (Lipinski definition) is 4. The molecule has 1 aromatic heterocycles. The summed E-state index contributed by atoms with van der Waals surface area (Å²) in [5, 5.41) is 20.9. The lowest BCUT2D eigenvalue weighted by Crippen LogP contribution is -2.46. The molecule has 2 aliphatic heterocycles. The lowest BCUT2D eigenvalue weighted by atomic mass is 9.69. The largest absolute Gasteiger partial charge is 0.383 e. The van der Waals surface area contributed by atoms with Crippen LogP contribution in [0, 0.1) is 28.6 Å². The summed E-state index contributed by atoms with van der Waals surface area (Å²) in [5.74, 6) is 1.34. The maximum Gasteiger partial charge on any atom is 0.119 e. The molecule has 220 valence electrons. The molecule has 11 heteroatoms. The van der Waals surface area contributed by atoms with Gasteiger partial charge in [0.05, 0.1) is 39.0 Å². The first-order valence-electron chi connectivity index (χ1n) is 14.9. The van der Waals surface area contributed by atoms with Crippen LogP contribution in [0.3, 0.4) is 0 Å². The Balaban J connectivity index is 1.23. The van der Waals surface area contributed by atoms with Crippen molar-refractivity contribution >= 4 is 53.3 Å². The molecule has 2 radical (unpaired) electrons. The highest BCUT2D eigenvalue weighted by atomic mass is 35.5. The number of halogens is 2. The molecule has 3 aromatic rings. The topological polar surface area (TPSA) is 91.3 Å². The van der Waals surface area contributed by atoms with Crippen LogP contribution in [-0.4, -0.2) is 54.5 Å². The van der Waals surface area contributed by atoms with Crippen molar-refractivity contribution < 1.29 is 0 Å². The molecule has 0 amide bonds. The number of anilines is 2. The second kappa shape index (κ2) is 10.5. The summed E-state index contributed by atoms with van der Waals surface area (Å²) in [6.07, 6.45) is 6.35. The highest BCUT2D eigenvalue weighted by Gasteiger charge is 2.60. The molecule has 3 heterocycles. The Kier molecular flexibility index (Phi) is 6.97. The minimum atomic E-state index is -1.16. The number of hydrazine groups is 2. The zero-order valence-electron chi connectivity index (χ0n) is 24.6. The van der Waals surface area contributed by atoms with Crippen molar-refractivity contribution in [3.63, 3.8) is 0 Å². The zero-order chi connectivity index (χ0) is 30.1. The van der Waals surface area contributed by atoms with Gasteiger partial charge in [0.25, 0.3) is 0 Å². The van der Waals surface area contributed by atoms with Gasteiger partial charge in [-0.1, -0.05) is 56.1 Å². The van der Waals surface area contributed by atoms with Gasteiger partial charge in [-0.05, 0) is 59.9 Å². The standard InChI is InChI=1S/C32H35BCl2N8/c1-31(2,3)17-38-28-18(12-36)13-37-29-23(28)10-21(11-26(29)35)39-32(33,19-4-6-20(34)7-5-19)27-16-43(41-40-27)30-24-14-42(15-25(24)30)22-8-9-22/h4-7,10-11,13,16,22,24-25,30,39-41H,8-9,14-15,17H2,1-3H3,(H,37,38)/t24-,25+,30?,32?. The van der Waals surface area contributed by atoms with Crippen LogP contribution in [0.4, 0.5) is 11.4 Å². The predicted octanol–water partition coefficient (Wildman–Crippen LogP) is 5.56. The Morgan fingerprint density at radius 3 is 2.49 bits per heavy atom. The average molecular weight is 613 g/mol. The molecule has 2 saturated carbocycles. The van der Waals surface area contributed by atoms with Gasteiger partial charge >= 0.3 is 0 Å². The summed E-state index contributed by atoms with van der Waals surface area (Å²) in [6, 6.07) is 14.8. The minimum absolute atomic E-state index is 0.00130. The first-order chi connectivity index (χ1) is 20.5. The third-order valence-electron chi connectivity index (χ3n) is 9.06. The van der Waals surface area contributed by atoms with E-state index in [2.05, 4.69) is 69.5 Å². The Morgan fingerprint density at radius 1 is 1.12 bits per heavy atom. The van der Waals surface area contributed by atoms with E-state index in [4.69, 9.17) is 31.0 Å². The molecule has 0 spiro atoms. The summed E-state index contributed by atoms with van der Waals surface area (Å²) >= 11 is 13.1. The van der Waals surface area contributed by atoms with Crippen LogP contribution in [0.15, 0.2) is 54.5 Å². The Labute approximate surface area is 264 Å². The zero-order valence-corrected chi connectivity index (χ0v) is 26.1. The molecule has 4 N–H and O–H groups in total. The van der Waals surface area contributed by atoms with Gasteiger partial charge in [-0.15, -0.1) is 5.53 Å². The van der Waals surface area contributed by atoms with Crippen molar-refractivity contribution in [1.29, 1.82) is 5.26 Å². The van der Waals surface area contributed by atoms with Crippen molar-refractivity contribution in [1.82, 2.24) is 25.9 Å². The van der Waals surface area contributed by atoms with E-state index in [0.29, 0.717) is 56.9 Å². The van der Waals surface area contributed by atoms with Crippen molar-refractivity contribution in [2.75, 3.05) is 30.3 Å². The summed E-state index contributed by atoms with van der Waals surface area (Å²) in [7, 11) is 7.29. The highest BCUT2D eigenvalue weighted by molar-refractivity contribution is 6.36. The molecule has 4 aliphatic rings. The van der Waals surface area contributed by atoms with Crippen LogP contribution < -0.4 is 21.6 Å². The number of nitriles is 1. The molecule has 2 aromatic carbocycles. The van der Waals surface area contributed by atoms with Crippen molar-refractivity contribution in [3.8, 4) is 6.07 Å². The van der Waals surface area contributed by atoms with Crippen LogP contribution in [0.5, 0.6) is 0 Å². The van der Waals surface area contributed by atoms with Gasteiger partial charge in [-0.2, -0.15) is 5.26 Å². The van der Waals surface area contributed by atoms with Crippen LogP contribution in [0.1, 0.15) is 44.7 Å². The first kappa shape index (κ1) is 28.6. The predicted molar refractivity (Wildman–Crippen MR) is 173 cm³/mol. The van der Waals surface area contributed by atoms with E-state index in [0.717, 1.165) is 22.7 Å². The molecule has 43 heavy (non-hydrogen) atoms. The molecular formula is C32H35BCl2N8. The molecule has 0 bridgehead atoms. The third kappa shape index (κ3) is 5.40. The number of nitrogens with one attached hydrogen (secondary N) is 4.